The normalized spacial score (nSPS) is 16.4. The lowest BCUT2D eigenvalue weighted by atomic mass is 9.96. The van der Waals surface area contributed by atoms with Gasteiger partial charge in [-0.2, -0.15) is 22.0 Å². The first kappa shape index (κ1) is 25.9. The largest absolute Gasteiger partial charge is 0.431 e. The van der Waals surface area contributed by atoms with Crippen LogP contribution in [0, 0.1) is 13.8 Å². The number of rotatable bonds is 6. The second-order valence-corrected chi connectivity index (χ2v) is 8.38. The molecule has 0 bridgehead atoms. The van der Waals surface area contributed by atoms with Crippen LogP contribution in [0.25, 0.3) is 0 Å². The van der Waals surface area contributed by atoms with E-state index < -0.39 is 24.5 Å². The molecule has 2 aromatic rings. The fourth-order valence-corrected chi connectivity index (χ4v) is 4.07. The van der Waals surface area contributed by atoms with E-state index in [0.717, 1.165) is 23.3 Å². The predicted octanol–water partition coefficient (Wildman–Crippen LogP) is 4.81. The number of benzene rings is 2. The number of nitrogens with zero attached hydrogens (tertiary/aromatic N) is 2. The lowest BCUT2D eigenvalue weighted by molar-refractivity contribution is -0.201. The first-order chi connectivity index (χ1) is 15.8. The van der Waals surface area contributed by atoms with Crippen LogP contribution in [0.1, 0.15) is 45.6 Å². The van der Waals surface area contributed by atoms with Crippen LogP contribution in [0.2, 0.25) is 0 Å². The molecule has 1 saturated heterocycles. The highest BCUT2D eigenvalue weighted by molar-refractivity contribution is 5.94. The topological polar surface area (TPSA) is 53.0 Å². The molecule has 34 heavy (non-hydrogen) atoms. The Bertz CT molecular complexity index is 1020. The monoisotopic (exact) mass is 486 g/mol. The van der Waals surface area contributed by atoms with Crippen molar-refractivity contribution in [3.63, 3.8) is 0 Å². The van der Waals surface area contributed by atoms with Gasteiger partial charge in [0.05, 0.1) is 5.56 Å². The minimum absolute atomic E-state index is 0.000502. The van der Waals surface area contributed by atoms with Crippen molar-refractivity contribution >= 4 is 5.91 Å². The van der Waals surface area contributed by atoms with Crippen molar-refractivity contribution < 1.29 is 36.6 Å². The zero-order valence-electron chi connectivity index (χ0n) is 19.1. The Labute approximate surface area is 194 Å². The summed E-state index contributed by atoms with van der Waals surface area (Å²) in [7, 11) is 0. The highest BCUT2D eigenvalue weighted by Gasteiger charge is 2.33. The maximum atomic E-state index is 13.4. The van der Waals surface area contributed by atoms with Gasteiger partial charge in [0.15, 0.2) is 0 Å². The zero-order valence-corrected chi connectivity index (χ0v) is 19.1. The van der Waals surface area contributed by atoms with Crippen LogP contribution in [0.3, 0.4) is 0 Å². The SMILES string of the molecule is Cc1c(OC(F)(F)CO)ccc([C@@H](C)N2CCN(C(=O)c3ccc(C(F)(F)F)cc3)CC2)c1C. The van der Waals surface area contributed by atoms with Gasteiger partial charge in [-0.25, -0.2) is 0 Å². The molecule has 0 spiro atoms. The van der Waals surface area contributed by atoms with Gasteiger partial charge in [-0.3, -0.25) is 9.69 Å². The molecular weight excluding hydrogens is 459 g/mol. The average molecular weight is 486 g/mol. The maximum Gasteiger partial charge on any atom is 0.421 e. The van der Waals surface area contributed by atoms with E-state index in [-0.39, 0.29) is 23.3 Å². The second kappa shape index (κ2) is 9.87. The summed E-state index contributed by atoms with van der Waals surface area (Å²) in [5.41, 5.74) is 1.68. The van der Waals surface area contributed by atoms with Gasteiger partial charge in [0.1, 0.15) is 12.4 Å². The molecule has 0 radical (unpaired) electrons. The number of amides is 1. The number of carbonyl (C=O) groups is 1. The summed E-state index contributed by atoms with van der Waals surface area (Å²) in [6.07, 6.45) is -8.12. The van der Waals surface area contributed by atoms with E-state index in [9.17, 15) is 26.7 Å². The molecule has 3 rings (SSSR count). The number of halogens is 5. The average Bonchev–Trinajstić information content (AvgIpc) is 2.81. The number of aliphatic hydroxyl groups is 1. The minimum Gasteiger partial charge on any atom is -0.431 e. The van der Waals surface area contributed by atoms with Gasteiger partial charge in [-0.15, -0.1) is 0 Å². The summed E-state index contributed by atoms with van der Waals surface area (Å²) >= 11 is 0. The Morgan fingerprint density at radius 2 is 1.56 bits per heavy atom. The number of piperazine rings is 1. The van der Waals surface area contributed by atoms with E-state index in [1.165, 1.54) is 18.2 Å². The third-order valence-electron chi connectivity index (χ3n) is 6.28. The molecule has 5 nitrogen and oxygen atoms in total. The standard InChI is InChI=1S/C24H27F5N2O3/c1-15-16(2)21(34-23(25,26)14-32)9-8-20(15)17(3)30-10-12-31(13-11-30)22(33)18-4-6-19(7-5-18)24(27,28)29/h4-9,17,32H,10-14H2,1-3H3/t17-/m1/s1. The van der Waals surface area contributed by atoms with Gasteiger partial charge in [-0.05, 0) is 67.8 Å². The van der Waals surface area contributed by atoms with Gasteiger partial charge < -0.3 is 14.7 Å². The van der Waals surface area contributed by atoms with Gasteiger partial charge in [0, 0.05) is 37.8 Å². The Kier molecular flexibility index (Phi) is 7.52. The predicted molar refractivity (Wildman–Crippen MR) is 116 cm³/mol. The van der Waals surface area contributed by atoms with E-state index in [1.54, 1.807) is 17.9 Å². The first-order valence-electron chi connectivity index (χ1n) is 10.8. The minimum atomic E-state index is -4.45. The van der Waals surface area contributed by atoms with E-state index >= 15 is 0 Å². The molecule has 1 heterocycles. The fraction of sp³-hybridized carbons (Fsp3) is 0.458. The van der Waals surface area contributed by atoms with Gasteiger partial charge in [-0.1, -0.05) is 6.07 Å². The van der Waals surface area contributed by atoms with Crippen molar-refractivity contribution in [3.05, 3.63) is 64.2 Å². The third-order valence-corrected chi connectivity index (χ3v) is 6.28. The molecule has 2 aromatic carbocycles. The van der Waals surface area contributed by atoms with Crippen LogP contribution >= 0.6 is 0 Å². The smallest absolute Gasteiger partial charge is 0.421 e. The number of carbonyl (C=O) groups excluding carboxylic acids is 1. The summed E-state index contributed by atoms with van der Waals surface area (Å²) in [5.74, 6) is -0.321. The first-order valence-corrected chi connectivity index (χ1v) is 10.8. The quantitative estimate of drug-likeness (QED) is 0.596. The summed E-state index contributed by atoms with van der Waals surface area (Å²) in [4.78, 5) is 16.5. The molecule has 1 aliphatic rings. The highest BCUT2D eigenvalue weighted by atomic mass is 19.4. The molecule has 1 atom stereocenters. The maximum absolute atomic E-state index is 13.4. The zero-order chi connectivity index (χ0) is 25.3. The summed E-state index contributed by atoms with van der Waals surface area (Å²) in [6, 6.07) is 7.31. The van der Waals surface area contributed by atoms with Gasteiger partial charge in [0.2, 0.25) is 0 Å². The molecule has 1 aliphatic heterocycles. The number of alkyl halides is 5. The lowest BCUT2D eigenvalue weighted by Crippen LogP contribution is -2.49. The summed E-state index contributed by atoms with van der Waals surface area (Å²) in [6.45, 7) is 5.97. The molecule has 1 fully saturated rings. The number of hydrogen-bond donors (Lipinski definition) is 1. The third kappa shape index (κ3) is 5.67. The number of hydrogen-bond acceptors (Lipinski definition) is 4. The molecule has 186 valence electrons. The molecule has 1 N–H and O–H groups in total. The Balaban J connectivity index is 1.65. The van der Waals surface area contributed by atoms with Crippen LogP contribution in [-0.2, 0) is 6.18 Å². The van der Waals surface area contributed by atoms with E-state index in [1.807, 2.05) is 13.8 Å². The molecule has 0 aliphatic carbocycles. The number of aliphatic hydroxyl groups excluding tert-OH is 1. The molecule has 0 saturated carbocycles. The number of ether oxygens (including phenoxy) is 1. The van der Waals surface area contributed by atoms with Crippen molar-refractivity contribution in [2.45, 2.75) is 39.1 Å². The van der Waals surface area contributed by atoms with Crippen molar-refractivity contribution in [2.24, 2.45) is 0 Å². The van der Waals surface area contributed by atoms with Crippen molar-refractivity contribution in [1.82, 2.24) is 9.80 Å². The molecular formula is C24H27F5N2O3. The Hall–Kier alpha value is -2.72. The van der Waals surface area contributed by atoms with Crippen molar-refractivity contribution in [3.8, 4) is 5.75 Å². The Morgan fingerprint density at radius 1 is 0.971 bits per heavy atom. The summed E-state index contributed by atoms with van der Waals surface area (Å²) < 4.78 is 69.8. The van der Waals surface area contributed by atoms with Crippen LogP contribution in [0.4, 0.5) is 22.0 Å². The lowest BCUT2D eigenvalue weighted by Gasteiger charge is -2.39. The Morgan fingerprint density at radius 3 is 2.09 bits per heavy atom. The van der Waals surface area contributed by atoms with E-state index in [0.29, 0.717) is 31.7 Å². The van der Waals surface area contributed by atoms with Gasteiger partial charge in [0.25, 0.3) is 5.91 Å². The van der Waals surface area contributed by atoms with Crippen LogP contribution in [-0.4, -0.2) is 59.7 Å². The highest BCUT2D eigenvalue weighted by Crippen LogP contribution is 2.33. The van der Waals surface area contributed by atoms with Crippen molar-refractivity contribution in [2.75, 3.05) is 32.8 Å². The fourth-order valence-electron chi connectivity index (χ4n) is 4.07. The summed E-state index contributed by atoms with van der Waals surface area (Å²) in [5, 5.41) is 8.75. The molecule has 10 heteroatoms. The molecule has 1 amide bonds. The van der Waals surface area contributed by atoms with Crippen LogP contribution < -0.4 is 4.74 Å². The molecule has 0 aromatic heterocycles. The van der Waals surface area contributed by atoms with Crippen LogP contribution in [0.15, 0.2) is 36.4 Å². The van der Waals surface area contributed by atoms with Gasteiger partial charge >= 0.3 is 12.3 Å². The molecule has 0 unspecified atom stereocenters. The van der Waals surface area contributed by atoms with E-state index in [2.05, 4.69) is 9.64 Å². The second-order valence-electron chi connectivity index (χ2n) is 8.38. The van der Waals surface area contributed by atoms with Crippen molar-refractivity contribution in [1.29, 1.82) is 0 Å². The van der Waals surface area contributed by atoms with E-state index in [4.69, 9.17) is 5.11 Å². The van der Waals surface area contributed by atoms with Crippen LogP contribution in [0.5, 0.6) is 5.75 Å².